The third kappa shape index (κ3) is 2.99. The zero-order chi connectivity index (χ0) is 14.9. The molecule has 110 valence electrons. The van der Waals surface area contributed by atoms with E-state index in [1.54, 1.807) is 31.2 Å². The molecule has 1 heterocycles. The predicted molar refractivity (Wildman–Crippen MR) is 72.4 cm³/mol. The summed E-state index contributed by atoms with van der Waals surface area (Å²) in [4.78, 5) is 11.2. The van der Waals surface area contributed by atoms with Crippen molar-refractivity contribution in [1.29, 1.82) is 0 Å². The smallest absolute Gasteiger partial charge is 0.159 e. The summed E-state index contributed by atoms with van der Waals surface area (Å²) in [6, 6.07) is 6.70. The Kier molecular flexibility index (Phi) is 4.39. The number of anilines is 1. The molecule has 1 aromatic rings. The van der Waals surface area contributed by atoms with Crippen molar-refractivity contribution in [3.05, 3.63) is 29.8 Å². The molecule has 1 aliphatic rings. The second-order valence-corrected chi connectivity index (χ2v) is 5.01. The lowest BCUT2D eigenvalue weighted by Gasteiger charge is -2.39. The number of ether oxygens (including phenoxy) is 1. The highest BCUT2D eigenvalue weighted by Crippen LogP contribution is 2.22. The highest BCUT2D eigenvalue weighted by atomic mass is 16.5. The average molecular weight is 281 g/mol. The Morgan fingerprint density at radius 2 is 1.70 bits per heavy atom. The summed E-state index contributed by atoms with van der Waals surface area (Å²) in [6.07, 6.45) is -5.06. The number of rotatable bonds is 3. The first-order valence-electron chi connectivity index (χ1n) is 6.47. The van der Waals surface area contributed by atoms with Crippen LogP contribution < -0.4 is 5.32 Å². The first-order valence-corrected chi connectivity index (χ1v) is 6.47. The maximum absolute atomic E-state index is 11.2. The fraction of sp³-hybridized carbons (Fsp3) is 0.500. The van der Waals surface area contributed by atoms with Crippen molar-refractivity contribution in [2.24, 2.45) is 0 Å². The quantitative estimate of drug-likeness (QED) is 0.588. The van der Waals surface area contributed by atoms with Gasteiger partial charge in [-0.15, -0.1) is 0 Å². The Labute approximate surface area is 117 Å². The Morgan fingerprint density at radius 3 is 2.25 bits per heavy atom. The van der Waals surface area contributed by atoms with Crippen LogP contribution in [0.3, 0.4) is 0 Å². The van der Waals surface area contributed by atoms with Crippen LogP contribution in [0.1, 0.15) is 24.2 Å². The summed E-state index contributed by atoms with van der Waals surface area (Å²) in [5, 5.41) is 32.1. The van der Waals surface area contributed by atoms with Gasteiger partial charge in [0, 0.05) is 11.3 Å². The summed E-state index contributed by atoms with van der Waals surface area (Å²) in [6.45, 7) is 3.10. The van der Waals surface area contributed by atoms with Gasteiger partial charge in [-0.25, -0.2) is 0 Å². The van der Waals surface area contributed by atoms with Crippen LogP contribution in [-0.4, -0.2) is 51.7 Å². The molecule has 0 spiro atoms. The minimum absolute atomic E-state index is 0.0299. The summed E-state index contributed by atoms with van der Waals surface area (Å²) >= 11 is 0. The highest BCUT2D eigenvalue weighted by Gasteiger charge is 2.41. The van der Waals surface area contributed by atoms with Gasteiger partial charge in [0.15, 0.2) is 12.0 Å². The number of hydrogen-bond acceptors (Lipinski definition) is 6. The van der Waals surface area contributed by atoms with Crippen molar-refractivity contribution in [2.45, 2.75) is 44.5 Å². The zero-order valence-electron chi connectivity index (χ0n) is 11.4. The van der Waals surface area contributed by atoms with Crippen LogP contribution in [0, 0.1) is 0 Å². The van der Waals surface area contributed by atoms with Crippen LogP contribution in [-0.2, 0) is 4.74 Å². The van der Waals surface area contributed by atoms with E-state index in [4.69, 9.17) is 4.74 Å². The molecule has 0 unspecified atom stereocenters. The number of nitrogens with one attached hydrogen (secondary N) is 1. The maximum atomic E-state index is 11.2. The molecule has 1 saturated heterocycles. The topological polar surface area (TPSA) is 99.0 Å². The van der Waals surface area contributed by atoms with Crippen molar-refractivity contribution in [3.8, 4) is 0 Å². The monoisotopic (exact) mass is 281 g/mol. The fourth-order valence-corrected chi connectivity index (χ4v) is 2.14. The Balaban J connectivity index is 2.07. The lowest BCUT2D eigenvalue weighted by molar-refractivity contribution is -0.209. The zero-order valence-corrected chi connectivity index (χ0v) is 11.4. The molecule has 1 fully saturated rings. The molecule has 0 bridgehead atoms. The van der Waals surface area contributed by atoms with Gasteiger partial charge in [0.05, 0.1) is 6.10 Å². The number of Topliss-reactive ketones (excluding diaryl/α,β-unsaturated/α-hetero) is 1. The number of benzene rings is 1. The third-order valence-electron chi connectivity index (χ3n) is 3.45. The summed E-state index contributed by atoms with van der Waals surface area (Å²) < 4.78 is 5.42. The van der Waals surface area contributed by atoms with Crippen LogP contribution in [0.15, 0.2) is 24.3 Å². The van der Waals surface area contributed by atoms with Crippen molar-refractivity contribution < 1.29 is 24.9 Å². The molecule has 1 aromatic carbocycles. The van der Waals surface area contributed by atoms with Crippen LogP contribution >= 0.6 is 0 Å². The second-order valence-electron chi connectivity index (χ2n) is 5.01. The van der Waals surface area contributed by atoms with Gasteiger partial charge in [0.25, 0.3) is 0 Å². The van der Waals surface area contributed by atoms with Gasteiger partial charge in [0.1, 0.15) is 18.3 Å². The normalized spacial score (nSPS) is 33.8. The van der Waals surface area contributed by atoms with E-state index in [1.165, 1.54) is 6.92 Å². The first-order chi connectivity index (χ1) is 9.40. The number of carbonyl (C=O) groups excluding carboxylic acids is 1. The number of carbonyl (C=O) groups is 1. The lowest BCUT2D eigenvalue weighted by Crippen LogP contribution is -2.58. The maximum Gasteiger partial charge on any atom is 0.159 e. The van der Waals surface area contributed by atoms with Gasteiger partial charge in [-0.3, -0.25) is 4.79 Å². The average Bonchev–Trinajstić information content (AvgIpc) is 2.43. The van der Waals surface area contributed by atoms with E-state index < -0.39 is 30.6 Å². The number of hydrogen-bond donors (Lipinski definition) is 4. The molecule has 6 nitrogen and oxygen atoms in total. The summed E-state index contributed by atoms with van der Waals surface area (Å²) in [5.74, 6) is -0.0299. The van der Waals surface area contributed by atoms with E-state index in [9.17, 15) is 20.1 Å². The van der Waals surface area contributed by atoms with Crippen molar-refractivity contribution in [3.63, 3.8) is 0 Å². The molecule has 0 aliphatic carbocycles. The van der Waals surface area contributed by atoms with E-state index in [1.807, 2.05) is 0 Å². The minimum atomic E-state index is -1.27. The highest BCUT2D eigenvalue weighted by molar-refractivity contribution is 5.94. The molecule has 0 saturated carbocycles. The van der Waals surface area contributed by atoms with Crippen molar-refractivity contribution >= 4 is 11.5 Å². The Hall–Kier alpha value is -1.47. The minimum Gasteiger partial charge on any atom is -0.388 e. The van der Waals surface area contributed by atoms with Crippen LogP contribution in [0.4, 0.5) is 5.69 Å². The first kappa shape index (κ1) is 14.9. The molecular formula is C14H19NO5. The standard InChI is InChI=1S/C14H19NO5/c1-7(16)9-3-5-10(6-4-9)15-14-13(19)12(18)11(17)8(2)20-14/h3-6,8,11-15,17-19H,1-2H3/t8-,11-,12+,13+,14-/m1/s1. The van der Waals surface area contributed by atoms with E-state index in [0.717, 1.165) is 0 Å². The van der Waals surface area contributed by atoms with Gasteiger partial charge in [0.2, 0.25) is 0 Å². The molecule has 1 aliphatic heterocycles. The van der Waals surface area contributed by atoms with Gasteiger partial charge < -0.3 is 25.4 Å². The van der Waals surface area contributed by atoms with Gasteiger partial charge in [-0.1, -0.05) is 0 Å². The number of aliphatic hydroxyl groups is 3. The molecular weight excluding hydrogens is 262 g/mol. The molecule has 20 heavy (non-hydrogen) atoms. The third-order valence-corrected chi connectivity index (χ3v) is 3.45. The van der Waals surface area contributed by atoms with E-state index in [0.29, 0.717) is 11.3 Å². The van der Waals surface area contributed by atoms with E-state index >= 15 is 0 Å². The fourth-order valence-electron chi connectivity index (χ4n) is 2.14. The molecule has 0 amide bonds. The van der Waals surface area contributed by atoms with Crippen molar-refractivity contribution in [1.82, 2.24) is 0 Å². The summed E-state index contributed by atoms with van der Waals surface area (Å²) in [7, 11) is 0. The molecule has 2 rings (SSSR count). The molecule has 4 N–H and O–H groups in total. The van der Waals surface area contributed by atoms with Crippen molar-refractivity contribution in [2.75, 3.05) is 5.32 Å². The van der Waals surface area contributed by atoms with Gasteiger partial charge >= 0.3 is 0 Å². The molecule has 6 heteroatoms. The summed E-state index contributed by atoms with van der Waals surface area (Å²) in [5.41, 5.74) is 1.24. The largest absolute Gasteiger partial charge is 0.388 e. The van der Waals surface area contributed by atoms with Crippen LogP contribution in [0.25, 0.3) is 0 Å². The Morgan fingerprint density at radius 1 is 1.10 bits per heavy atom. The predicted octanol–water partition coefficient (Wildman–Crippen LogP) is 0.129. The molecule has 5 atom stereocenters. The second kappa shape index (κ2) is 5.88. The van der Waals surface area contributed by atoms with Crippen LogP contribution in [0.2, 0.25) is 0 Å². The SMILES string of the molecule is CC(=O)c1ccc(N[C@@H]2O[C@H](C)[C@@H](O)[C@H](O)[C@@H]2O)cc1. The number of ketones is 1. The Bertz CT molecular complexity index is 475. The molecule has 0 aromatic heterocycles. The van der Waals surface area contributed by atoms with Gasteiger partial charge in [-0.05, 0) is 38.1 Å². The van der Waals surface area contributed by atoms with Gasteiger partial charge in [-0.2, -0.15) is 0 Å². The van der Waals surface area contributed by atoms with Crippen LogP contribution in [0.5, 0.6) is 0 Å². The van der Waals surface area contributed by atoms with E-state index in [-0.39, 0.29) is 5.78 Å². The number of aliphatic hydroxyl groups excluding tert-OH is 3. The molecule has 0 radical (unpaired) electrons. The lowest BCUT2D eigenvalue weighted by atomic mass is 9.99. The van der Waals surface area contributed by atoms with E-state index in [2.05, 4.69) is 5.32 Å².